The minimum Gasteiger partial charge on any atom is -0.478 e. The van der Waals surface area contributed by atoms with Gasteiger partial charge in [-0.25, -0.2) is 14.6 Å². The summed E-state index contributed by atoms with van der Waals surface area (Å²) in [6, 6.07) is 0.912. The van der Waals surface area contributed by atoms with Gasteiger partial charge < -0.3 is 15.7 Å². The van der Waals surface area contributed by atoms with Crippen molar-refractivity contribution in [3.05, 3.63) is 40.1 Å². The maximum absolute atomic E-state index is 11.7. The minimum absolute atomic E-state index is 0.0149. The van der Waals surface area contributed by atoms with Crippen LogP contribution in [0.4, 0.5) is 10.5 Å². The van der Waals surface area contributed by atoms with Crippen LogP contribution in [0.3, 0.4) is 0 Å². The Labute approximate surface area is 118 Å². The minimum atomic E-state index is -1.10. The molecule has 0 radical (unpaired) electrons. The molecule has 20 heavy (non-hydrogen) atoms. The molecule has 0 bridgehead atoms. The zero-order chi connectivity index (χ0) is 14.5. The molecule has 2 aromatic rings. The second-order valence-corrected chi connectivity index (χ2v) is 4.88. The van der Waals surface area contributed by atoms with Crippen molar-refractivity contribution in [2.24, 2.45) is 0 Å². The highest BCUT2D eigenvalue weighted by Gasteiger charge is 2.08. The number of pyridine rings is 1. The average molecular weight is 292 g/mol. The summed E-state index contributed by atoms with van der Waals surface area (Å²) in [7, 11) is 0. The number of hydrogen-bond acceptors (Lipinski definition) is 5. The lowest BCUT2D eigenvalue weighted by Crippen LogP contribution is -2.28. The van der Waals surface area contributed by atoms with Crippen LogP contribution in [0.15, 0.2) is 24.0 Å². The number of rotatable bonds is 4. The zero-order valence-corrected chi connectivity index (χ0v) is 11.4. The summed E-state index contributed by atoms with van der Waals surface area (Å²) < 4.78 is 0. The molecule has 0 atom stereocenters. The standard InChI is InChI=1S/C12H12N4O3S/c1-7-10(20-6-15-7)5-14-12(19)16-9-2-8(11(17)18)3-13-4-9/h2-4,6H,5H2,1H3,(H,17,18)(H2,14,16,19). The Morgan fingerprint density at radius 1 is 1.40 bits per heavy atom. The molecule has 0 aliphatic heterocycles. The van der Waals surface area contributed by atoms with Gasteiger partial charge in [-0.2, -0.15) is 0 Å². The third-order valence-electron chi connectivity index (χ3n) is 2.50. The lowest BCUT2D eigenvalue weighted by Gasteiger charge is -2.07. The molecule has 0 fully saturated rings. The fraction of sp³-hybridized carbons (Fsp3) is 0.167. The van der Waals surface area contributed by atoms with Crippen LogP contribution in [-0.4, -0.2) is 27.1 Å². The fourth-order valence-electron chi connectivity index (χ4n) is 1.46. The van der Waals surface area contributed by atoms with Crippen molar-refractivity contribution in [3.63, 3.8) is 0 Å². The van der Waals surface area contributed by atoms with E-state index in [1.54, 1.807) is 5.51 Å². The summed E-state index contributed by atoms with van der Waals surface area (Å²) in [5.41, 5.74) is 2.93. The van der Waals surface area contributed by atoms with Crippen LogP contribution in [0, 0.1) is 6.92 Å². The van der Waals surface area contributed by atoms with Gasteiger partial charge in [-0.3, -0.25) is 4.98 Å². The maximum atomic E-state index is 11.7. The predicted molar refractivity (Wildman–Crippen MR) is 73.9 cm³/mol. The highest BCUT2D eigenvalue weighted by atomic mass is 32.1. The van der Waals surface area contributed by atoms with E-state index in [-0.39, 0.29) is 5.56 Å². The van der Waals surface area contributed by atoms with Gasteiger partial charge in [-0.15, -0.1) is 11.3 Å². The number of thiazole rings is 1. The van der Waals surface area contributed by atoms with E-state index in [1.165, 1.54) is 29.8 Å². The van der Waals surface area contributed by atoms with Gasteiger partial charge in [0.2, 0.25) is 0 Å². The number of nitrogens with zero attached hydrogens (tertiary/aromatic N) is 2. The van der Waals surface area contributed by atoms with Gasteiger partial charge in [0.05, 0.1) is 35.2 Å². The zero-order valence-electron chi connectivity index (χ0n) is 10.6. The third-order valence-corrected chi connectivity index (χ3v) is 3.43. The summed E-state index contributed by atoms with van der Waals surface area (Å²) in [6.45, 7) is 2.24. The Morgan fingerprint density at radius 3 is 2.85 bits per heavy atom. The van der Waals surface area contributed by atoms with Gasteiger partial charge >= 0.3 is 12.0 Å². The van der Waals surface area contributed by atoms with Crippen LogP contribution in [0.25, 0.3) is 0 Å². The Hall–Kier alpha value is -2.48. The van der Waals surface area contributed by atoms with Gasteiger partial charge in [0, 0.05) is 11.1 Å². The number of urea groups is 1. The van der Waals surface area contributed by atoms with Gasteiger partial charge in [0.15, 0.2) is 0 Å². The number of aromatic nitrogens is 2. The molecule has 0 spiro atoms. The summed E-state index contributed by atoms with van der Waals surface area (Å²) in [5.74, 6) is -1.10. The monoisotopic (exact) mass is 292 g/mol. The van der Waals surface area contributed by atoms with Crippen molar-refractivity contribution in [1.29, 1.82) is 0 Å². The molecule has 0 aliphatic rings. The lowest BCUT2D eigenvalue weighted by atomic mass is 10.3. The topological polar surface area (TPSA) is 104 Å². The molecule has 8 heteroatoms. The number of carboxylic acid groups (broad SMARTS) is 1. The molecule has 2 aromatic heterocycles. The number of hydrogen-bond donors (Lipinski definition) is 3. The van der Waals surface area contributed by atoms with Gasteiger partial charge in [0.25, 0.3) is 0 Å². The van der Waals surface area contributed by atoms with Crippen LogP contribution in [0.5, 0.6) is 0 Å². The van der Waals surface area contributed by atoms with E-state index in [0.29, 0.717) is 12.2 Å². The van der Waals surface area contributed by atoms with Crippen molar-refractivity contribution in [2.75, 3.05) is 5.32 Å². The second kappa shape index (κ2) is 6.11. The Kier molecular flexibility index (Phi) is 4.26. The number of aryl methyl sites for hydroxylation is 1. The maximum Gasteiger partial charge on any atom is 0.337 e. The van der Waals surface area contributed by atoms with E-state index in [0.717, 1.165) is 10.6 Å². The number of anilines is 1. The first-order valence-corrected chi connectivity index (χ1v) is 6.56. The highest BCUT2D eigenvalue weighted by Crippen LogP contribution is 2.12. The molecule has 0 saturated heterocycles. The van der Waals surface area contributed by atoms with E-state index in [2.05, 4.69) is 20.6 Å². The summed E-state index contributed by atoms with van der Waals surface area (Å²) in [4.78, 5) is 31.3. The first kappa shape index (κ1) is 13.9. The summed E-state index contributed by atoms with van der Waals surface area (Å²) >= 11 is 1.46. The Balaban J connectivity index is 1.93. The molecule has 104 valence electrons. The molecule has 2 heterocycles. The third kappa shape index (κ3) is 3.51. The van der Waals surface area contributed by atoms with E-state index in [1.807, 2.05) is 6.92 Å². The number of carbonyl (C=O) groups excluding carboxylic acids is 1. The number of amides is 2. The van der Waals surface area contributed by atoms with E-state index >= 15 is 0 Å². The molecule has 2 rings (SSSR count). The number of carboxylic acids is 1. The molecular weight excluding hydrogens is 280 g/mol. The summed E-state index contributed by atoms with van der Waals surface area (Å²) in [5, 5.41) is 14.0. The van der Waals surface area contributed by atoms with Crippen LogP contribution in [0.1, 0.15) is 20.9 Å². The van der Waals surface area contributed by atoms with Gasteiger partial charge in [0.1, 0.15) is 0 Å². The van der Waals surface area contributed by atoms with E-state index in [4.69, 9.17) is 5.11 Å². The van der Waals surface area contributed by atoms with Crippen LogP contribution in [-0.2, 0) is 6.54 Å². The average Bonchev–Trinajstić information content (AvgIpc) is 2.82. The van der Waals surface area contributed by atoms with Crippen molar-refractivity contribution in [3.8, 4) is 0 Å². The largest absolute Gasteiger partial charge is 0.478 e. The molecule has 0 aromatic carbocycles. The first-order chi connectivity index (χ1) is 9.56. The van der Waals surface area contributed by atoms with Crippen LogP contribution in [0.2, 0.25) is 0 Å². The van der Waals surface area contributed by atoms with Crippen molar-refractivity contribution in [2.45, 2.75) is 13.5 Å². The van der Waals surface area contributed by atoms with Crippen molar-refractivity contribution in [1.82, 2.24) is 15.3 Å². The lowest BCUT2D eigenvalue weighted by molar-refractivity contribution is 0.0696. The molecule has 7 nitrogen and oxygen atoms in total. The smallest absolute Gasteiger partial charge is 0.337 e. The van der Waals surface area contributed by atoms with Crippen LogP contribution >= 0.6 is 11.3 Å². The van der Waals surface area contributed by atoms with Crippen molar-refractivity contribution >= 4 is 29.0 Å². The Bertz CT molecular complexity index is 641. The van der Waals surface area contributed by atoms with Gasteiger partial charge in [-0.05, 0) is 13.0 Å². The fourth-order valence-corrected chi connectivity index (χ4v) is 2.17. The molecular formula is C12H12N4O3S. The first-order valence-electron chi connectivity index (χ1n) is 5.68. The van der Waals surface area contributed by atoms with Crippen LogP contribution < -0.4 is 10.6 Å². The quantitative estimate of drug-likeness (QED) is 0.798. The molecule has 0 saturated carbocycles. The summed E-state index contributed by atoms with van der Waals surface area (Å²) in [6.07, 6.45) is 2.59. The number of nitrogens with one attached hydrogen (secondary N) is 2. The number of carbonyl (C=O) groups is 2. The Morgan fingerprint density at radius 2 is 2.20 bits per heavy atom. The predicted octanol–water partition coefficient (Wildman–Crippen LogP) is 1.87. The number of aromatic carboxylic acids is 1. The van der Waals surface area contributed by atoms with Gasteiger partial charge in [-0.1, -0.05) is 0 Å². The normalized spacial score (nSPS) is 10.1. The molecule has 0 unspecified atom stereocenters. The van der Waals surface area contributed by atoms with E-state index in [9.17, 15) is 9.59 Å². The SMILES string of the molecule is Cc1ncsc1CNC(=O)Nc1cncc(C(=O)O)c1. The molecule has 3 N–H and O–H groups in total. The second-order valence-electron chi connectivity index (χ2n) is 3.94. The highest BCUT2D eigenvalue weighted by molar-refractivity contribution is 7.09. The van der Waals surface area contributed by atoms with Crippen molar-refractivity contribution < 1.29 is 14.7 Å². The molecule has 0 aliphatic carbocycles. The molecule has 2 amide bonds. The van der Waals surface area contributed by atoms with E-state index < -0.39 is 12.0 Å².